The number of nitrogens with zero attached hydrogens (tertiary/aromatic N) is 2. The predicted molar refractivity (Wildman–Crippen MR) is 302 cm³/mol. The monoisotopic (exact) mass is 1040 g/mol. The maximum atomic E-state index is 13.9. The fraction of sp³-hybridized carbons (Fsp3) is 0.387. The van der Waals surface area contributed by atoms with Gasteiger partial charge in [0.15, 0.2) is 0 Å². The average molecular weight is 1040 g/mol. The first kappa shape index (κ1) is 58.6. The molecule has 0 aromatic heterocycles. The maximum Gasteiger partial charge on any atom is 0.335 e. The van der Waals surface area contributed by atoms with E-state index < -0.39 is 32.0 Å². The van der Waals surface area contributed by atoms with Crippen molar-refractivity contribution >= 4 is 43.4 Å². The Morgan fingerprint density at radius 2 is 0.770 bits per heavy atom. The number of hydrogen-bond donors (Lipinski definition) is 2. The van der Waals surface area contributed by atoms with Gasteiger partial charge in [-0.1, -0.05) is 177 Å². The van der Waals surface area contributed by atoms with Gasteiger partial charge in [0.05, 0.1) is 32.3 Å². The van der Waals surface area contributed by atoms with E-state index in [2.05, 4.69) is 34.6 Å². The number of carbonyl (C=O) groups is 2. The van der Waals surface area contributed by atoms with Crippen LogP contribution >= 0.6 is 0 Å². The minimum Gasteiger partial charge on any atom is -0.478 e. The Hall–Kier alpha value is -6.24. The molecule has 12 heteroatoms. The van der Waals surface area contributed by atoms with Crippen molar-refractivity contribution < 1.29 is 36.6 Å². The highest BCUT2D eigenvalue weighted by Gasteiger charge is 2.28. The molecule has 6 aromatic carbocycles. The van der Waals surface area contributed by atoms with Crippen molar-refractivity contribution in [1.82, 2.24) is 0 Å². The van der Waals surface area contributed by atoms with Gasteiger partial charge in [-0.3, -0.25) is 8.61 Å². The normalized spacial score (nSPS) is 11.5. The molecule has 6 aromatic rings. The van der Waals surface area contributed by atoms with Gasteiger partial charge in [-0.2, -0.15) is 0 Å². The minimum atomic E-state index is -3.74. The topological polar surface area (TPSA) is 149 Å². The molecular formula is C62H78N2O8S2. The molecule has 0 atom stereocenters. The lowest BCUT2D eigenvalue weighted by Crippen LogP contribution is -2.33. The van der Waals surface area contributed by atoms with Crippen LogP contribution in [0.25, 0.3) is 0 Å². The standard InChI is InChI=1S/2C31H39NO4S/c1-4-5-6-7-10-23-32(37(35,36)29-21-19-26(20-22-29)24(2)3)30-12-9-8-11-27(30)16-13-25-14-17-28(18-15-25)31(33)34;1-3-5-6-7-10-24-32(37(35,36)29-22-17-25(11-4-2)18-23-29)30-13-9-8-12-27(30)19-14-26-15-20-28(21-16-26)31(33)34/h8-9,11-12,14-15,17-22,24H,4-7,10,13,16,23H2,1-3H3,(H,33,34);8-9,12-13,15-18,20-23H,3-7,10-11,14,19,24H2,1-2H3,(H,33,34). The SMILES string of the molecule is CCCCCCCN(c1ccccc1CCc1ccc(C(=O)O)cc1)S(=O)(=O)c1ccc(C(C)C)cc1.CCCCCCCN(c1ccccc1CCc1ccc(C(=O)O)cc1)S(=O)(=O)c1ccc(CCC)cc1. The zero-order valence-corrected chi connectivity index (χ0v) is 45.8. The summed E-state index contributed by atoms with van der Waals surface area (Å²) in [4.78, 5) is 22.9. The van der Waals surface area contributed by atoms with E-state index in [-0.39, 0.29) is 11.1 Å². The van der Waals surface area contributed by atoms with Crippen LogP contribution in [-0.2, 0) is 52.2 Å². The molecule has 10 nitrogen and oxygen atoms in total. The lowest BCUT2D eigenvalue weighted by atomic mass is 10.0. The molecule has 6 rings (SSSR count). The summed E-state index contributed by atoms with van der Waals surface area (Å²) in [5.41, 5.74) is 8.15. The number of aromatic carboxylic acids is 2. The molecule has 0 saturated heterocycles. The molecule has 0 spiro atoms. The Kier molecular flexibility index (Phi) is 23.5. The number of benzene rings is 6. The molecule has 0 bridgehead atoms. The molecule has 0 aliphatic carbocycles. The number of sulfonamides is 2. The lowest BCUT2D eigenvalue weighted by Gasteiger charge is -2.27. The molecule has 2 N–H and O–H groups in total. The molecule has 0 aliphatic heterocycles. The van der Waals surface area contributed by atoms with Crippen molar-refractivity contribution in [2.45, 2.75) is 153 Å². The van der Waals surface area contributed by atoms with Crippen LogP contribution in [-0.4, -0.2) is 52.1 Å². The van der Waals surface area contributed by atoms with E-state index >= 15 is 0 Å². The fourth-order valence-electron chi connectivity index (χ4n) is 8.97. The Morgan fingerprint density at radius 3 is 1.14 bits per heavy atom. The molecule has 0 saturated carbocycles. The molecule has 396 valence electrons. The van der Waals surface area contributed by atoms with Gasteiger partial charge in [0.1, 0.15) is 0 Å². The van der Waals surface area contributed by atoms with Crippen LogP contribution in [0.15, 0.2) is 155 Å². The second kappa shape index (κ2) is 29.6. The molecule has 0 aliphatic rings. The van der Waals surface area contributed by atoms with E-state index in [1.165, 1.54) is 0 Å². The fourth-order valence-corrected chi connectivity index (χ4v) is 12.1. The highest BCUT2D eigenvalue weighted by Crippen LogP contribution is 2.32. The molecule has 0 unspecified atom stereocenters. The Morgan fingerprint density at radius 1 is 0.419 bits per heavy atom. The summed E-state index contributed by atoms with van der Waals surface area (Å²) in [6.45, 7) is 11.5. The van der Waals surface area contributed by atoms with Crippen LogP contribution in [0.2, 0.25) is 0 Å². The van der Waals surface area contributed by atoms with Crippen LogP contribution in [0.5, 0.6) is 0 Å². The largest absolute Gasteiger partial charge is 0.478 e. The van der Waals surface area contributed by atoms with E-state index in [0.717, 1.165) is 116 Å². The van der Waals surface area contributed by atoms with Crippen LogP contribution < -0.4 is 8.61 Å². The predicted octanol–water partition coefficient (Wildman–Crippen LogP) is 14.7. The van der Waals surface area contributed by atoms with Gasteiger partial charge in [-0.05, 0) is 145 Å². The summed E-state index contributed by atoms with van der Waals surface area (Å²) in [6, 6.07) is 43.7. The van der Waals surface area contributed by atoms with Gasteiger partial charge in [0, 0.05) is 13.1 Å². The molecule has 0 amide bonds. The second-order valence-electron chi connectivity index (χ2n) is 19.4. The zero-order valence-electron chi connectivity index (χ0n) is 44.2. The number of carboxylic acid groups (broad SMARTS) is 2. The number of anilines is 2. The Balaban J connectivity index is 0.000000274. The van der Waals surface area contributed by atoms with Gasteiger partial charge in [0.25, 0.3) is 20.0 Å². The van der Waals surface area contributed by atoms with Crippen molar-refractivity contribution in [3.05, 3.63) is 190 Å². The third-order valence-electron chi connectivity index (χ3n) is 13.4. The number of carboxylic acids is 2. The second-order valence-corrected chi connectivity index (χ2v) is 23.1. The number of aryl methyl sites for hydroxylation is 5. The summed E-state index contributed by atoms with van der Waals surface area (Å²) in [5.74, 6) is -1.56. The van der Waals surface area contributed by atoms with E-state index in [1.807, 2.05) is 97.1 Å². The zero-order chi connectivity index (χ0) is 53.5. The summed E-state index contributed by atoms with van der Waals surface area (Å²) in [6.07, 6.45) is 15.0. The van der Waals surface area contributed by atoms with Crippen LogP contribution in [0.1, 0.15) is 165 Å². The number of hydrogen-bond acceptors (Lipinski definition) is 6. The van der Waals surface area contributed by atoms with Crippen molar-refractivity contribution in [1.29, 1.82) is 0 Å². The number of unbranched alkanes of at least 4 members (excludes halogenated alkanes) is 8. The van der Waals surface area contributed by atoms with Gasteiger partial charge >= 0.3 is 11.9 Å². The highest BCUT2D eigenvalue weighted by atomic mass is 32.2. The summed E-state index contributed by atoms with van der Waals surface area (Å²) < 4.78 is 58.9. The number of rotatable bonds is 29. The van der Waals surface area contributed by atoms with Crippen molar-refractivity contribution in [2.75, 3.05) is 21.7 Å². The summed E-state index contributed by atoms with van der Waals surface area (Å²) in [7, 11) is -7.47. The third-order valence-corrected chi connectivity index (χ3v) is 17.1. The molecular weight excluding hydrogens is 965 g/mol. The minimum absolute atomic E-state index is 0.257. The third kappa shape index (κ3) is 17.2. The maximum absolute atomic E-state index is 13.9. The average Bonchev–Trinajstić information content (AvgIpc) is 3.40. The highest BCUT2D eigenvalue weighted by molar-refractivity contribution is 7.93. The van der Waals surface area contributed by atoms with Crippen molar-refractivity contribution in [2.24, 2.45) is 0 Å². The first-order valence-electron chi connectivity index (χ1n) is 26.6. The van der Waals surface area contributed by atoms with Crippen LogP contribution in [0, 0.1) is 0 Å². The van der Waals surface area contributed by atoms with E-state index in [4.69, 9.17) is 10.2 Å². The Bertz CT molecular complexity index is 2880. The lowest BCUT2D eigenvalue weighted by molar-refractivity contribution is 0.0686. The van der Waals surface area contributed by atoms with E-state index in [9.17, 15) is 26.4 Å². The quantitative estimate of drug-likeness (QED) is 0.0441. The first-order chi connectivity index (χ1) is 35.6. The number of para-hydroxylation sites is 2. The Labute approximate surface area is 442 Å². The molecule has 0 radical (unpaired) electrons. The van der Waals surface area contributed by atoms with Crippen molar-refractivity contribution in [3.63, 3.8) is 0 Å². The van der Waals surface area contributed by atoms with Gasteiger partial charge < -0.3 is 10.2 Å². The van der Waals surface area contributed by atoms with Gasteiger partial charge in [-0.15, -0.1) is 0 Å². The van der Waals surface area contributed by atoms with E-state index in [1.54, 1.807) is 57.1 Å². The first-order valence-corrected chi connectivity index (χ1v) is 29.5. The smallest absolute Gasteiger partial charge is 0.335 e. The molecule has 74 heavy (non-hydrogen) atoms. The van der Waals surface area contributed by atoms with Gasteiger partial charge in [0.2, 0.25) is 0 Å². The summed E-state index contributed by atoms with van der Waals surface area (Å²) in [5, 5.41) is 18.3. The molecule has 0 fully saturated rings. The van der Waals surface area contributed by atoms with Crippen molar-refractivity contribution in [3.8, 4) is 0 Å². The van der Waals surface area contributed by atoms with Gasteiger partial charge in [-0.25, -0.2) is 26.4 Å². The molecule has 0 heterocycles. The van der Waals surface area contributed by atoms with Crippen LogP contribution in [0.4, 0.5) is 11.4 Å². The van der Waals surface area contributed by atoms with Crippen LogP contribution in [0.3, 0.4) is 0 Å². The van der Waals surface area contributed by atoms with E-state index in [0.29, 0.717) is 60.2 Å². The summed E-state index contributed by atoms with van der Waals surface area (Å²) >= 11 is 0.